The molecular formula is C19H21ClFN4OS+. The average Bonchev–Trinajstić information content (AvgIpc) is 2.93. The Morgan fingerprint density at radius 1 is 1.22 bits per heavy atom. The van der Waals surface area contributed by atoms with Crippen molar-refractivity contribution in [3.05, 3.63) is 63.6 Å². The lowest BCUT2D eigenvalue weighted by Crippen LogP contribution is -3.07. The molecule has 0 saturated heterocycles. The van der Waals surface area contributed by atoms with E-state index in [2.05, 4.69) is 5.10 Å². The molecule has 0 aliphatic rings. The second-order valence-corrected chi connectivity index (χ2v) is 7.16. The Bertz CT molecular complexity index is 980. The number of nitrogens with one attached hydrogen (secondary N) is 1. The molecule has 1 heterocycles. The van der Waals surface area contributed by atoms with Crippen LogP contribution in [0.1, 0.15) is 5.56 Å². The number of benzene rings is 2. The first-order valence-electron chi connectivity index (χ1n) is 8.43. The lowest BCUT2D eigenvalue weighted by molar-refractivity contribution is -0.917. The molecule has 0 saturated carbocycles. The van der Waals surface area contributed by atoms with Gasteiger partial charge in [0.2, 0.25) is 4.77 Å². The molecule has 0 aliphatic heterocycles. The number of aromatic nitrogens is 3. The molecule has 3 aromatic rings. The Hall–Kier alpha value is -2.22. The molecule has 142 valence electrons. The van der Waals surface area contributed by atoms with E-state index in [9.17, 15) is 4.39 Å². The first kappa shape index (κ1) is 19.5. The molecule has 0 aliphatic carbocycles. The molecule has 1 N–H and O–H groups in total. The van der Waals surface area contributed by atoms with Gasteiger partial charge < -0.3 is 14.2 Å². The highest BCUT2D eigenvalue weighted by molar-refractivity contribution is 7.71. The summed E-state index contributed by atoms with van der Waals surface area (Å²) in [7, 11) is 5.46. The maximum atomic E-state index is 14.0. The molecule has 0 bridgehead atoms. The fourth-order valence-corrected chi connectivity index (χ4v) is 3.32. The van der Waals surface area contributed by atoms with Crippen LogP contribution < -0.4 is 9.64 Å². The molecule has 0 radical (unpaired) electrons. The Morgan fingerprint density at radius 2 is 1.93 bits per heavy atom. The third-order valence-electron chi connectivity index (χ3n) is 4.35. The van der Waals surface area contributed by atoms with Crippen molar-refractivity contribution in [3.63, 3.8) is 0 Å². The van der Waals surface area contributed by atoms with Gasteiger partial charge in [-0.1, -0.05) is 17.7 Å². The van der Waals surface area contributed by atoms with Crippen molar-refractivity contribution in [2.45, 2.75) is 13.2 Å². The Balaban J connectivity index is 1.82. The minimum absolute atomic E-state index is 0.301. The number of nitrogens with zero attached hydrogens (tertiary/aromatic N) is 3. The van der Waals surface area contributed by atoms with Gasteiger partial charge >= 0.3 is 0 Å². The van der Waals surface area contributed by atoms with Gasteiger partial charge in [-0.05, 0) is 48.6 Å². The summed E-state index contributed by atoms with van der Waals surface area (Å²) in [6, 6.07) is 12.4. The maximum Gasteiger partial charge on any atom is 0.202 e. The van der Waals surface area contributed by atoms with E-state index in [1.807, 2.05) is 42.9 Å². The Kier molecular flexibility index (Phi) is 5.94. The monoisotopic (exact) mass is 407 g/mol. The Morgan fingerprint density at radius 3 is 2.56 bits per heavy atom. The van der Waals surface area contributed by atoms with Crippen molar-refractivity contribution >= 4 is 23.8 Å². The largest absolute Gasteiger partial charge is 0.497 e. The van der Waals surface area contributed by atoms with Crippen LogP contribution >= 0.6 is 23.8 Å². The third-order valence-corrected chi connectivity index (χ3v) is 5.19. The SMILES string of the molecule is COc1ccc(-c2nn(C[NH+](C)Cc3c(F)cccc3Cl)c(=S)n2C)cc1. The molecule has 1 unspecified atom stereocenters. The molecule has 2 aromatic carbocycles. The van der Waals surface area contributed by atoms with Crippen LogP contribution in [0.25, 0.3) is 11.4 Å². The normalized spacial score (nSPS) is 12.2. The summed E-state index contributed by atoms with van der Waals surface area (Å²) in [5.41, 5.74) is 1.44. The number of methoxy groups -OCH3 is 1. The average molecular weight is 408 g/mol. The van der Waals surface area contributed by atoms with Gasteiger partial charge in [-0.3, -0.25) is 0 Å². The van der Waals surface area contributed by atoms with E-state index in [-0.39, 0.29) is 5.82 Å². The van der Waals surface area contributed by atoms with Gasteiger partial charge in [-0.2, -0.15) is 4.68 Å². The fourth-order valence-electron chi connectivity index (χ4n) is 2.90. The molecule has 8 heteroatoms. The van der Waals surface area contributed by atoms with Gasteiger partial charge in [-0.15, -0.1) is 5.10 Å². The van der Waals surface area contributed by atoms with Crippen LogP contribution in [0.2, 0.25) is 5.02 Å². The van der Waals surface area contributed by atoms with Crippen molar-refractivity contribution < 1.29 is 14.0 Å². The summed E-state index contributed by atoms with van der Waals surface area (Å²) in [6.07, 6.45) is 0. The zero-order chi connectivity index (χ0) is 19.6. The van der Waals surface area contributed by atoms with Gasteiger partial charge in [0.05, 0.1) is 24.7 Å². The zero-order valence-electron chi connectivity index (χ0n) is 15.4. The van der Waals surface area contributed by atoms with Gasteiger partial charge in [0.25, 0.3) is 0 Å². The van der Waals surface area contributed by atoms with Gasteiger partial charge in [0.15, 0.2) is 12.5 Å². The summed E-state index contributed by atoms with van der Waals surface area (Å²) in [5, 5.41) is 5.08. The molecule has 0 fully saturated rings. The van der Waals surface area contributed by atoms with Crippen LogP contribution in [0.15, 0.2) is 42.5 Å². The van der Waals surface area contributed by atoms with Gasteiger partial charge in [-0.25, -0.2) is 4.39 Å². The highest BCUT2D eigenvalue weighted by atomic mass is 35.5. The minimum Gasteiger partial charge on any atom is -0.497 e. The highest BCUT2D eigenvalue weighted by Gasteiger charge is 2.16. The van der Waals surface area contributed by atoms with E-state index in [4.69, 9.17) is 28.6 Å². The van der Waals surface area contributed by atoms with Crippen molar-refractivity contribution in [3.8, 4) is 17.1 Å². The van der Waals surface area contributed by atoms with Crippen LogP contribution in [-0.4, -0.2) is 28.5 Å². The molecule has 3 rings (SSSR count). The van der Waals surface area contributed by atoms with E-state index in [0.717, 1.165) is 22.0 Å². The van der Waals surface area contributed by atoms with Gasteiger partial charge in [0.1, 0.15) is 18.1 Å². The predicted octanol–water partition coefficient (Wildman–Crippen LogP) is 3.09. The van der Waals surface area contributed by atoms with Crippen LogP contribution in [0.3, 0.4) is 0 Å². The quantitative estimate of drug-likeness (QED) is 0.638. The van der Waals surface area contributed by atoms with Crippen molar-refractivity contribution in [1.82, 2.24) is 14.3 Å². The molecular weight excluding hydrogens is 387 g/mol. The number of hydrogen-bond acceptors (Lipinski definition) is 3. The number of quaternary nitrogens is 1. The van der Waals surface area contributed by atoms with E-state index in [1.165, 1.54) is 6.07 Å². The van der Waals surface area contributed by atoms with Crippen LogP contribution in [0.5, 0.6) is 5.75 Å². The molecule has 1 atom stereocenters. The highest BCUT2D eigenvalue weighted by Crippen LogP contribution is 2.21. The topological polar surface area (TPSA) is 36.4 Å². The number of halogens is 2. The molecule has 0 amide bonds. The summed E-state index contributed by atoms with van der Waals surface area (Å²) < 4.78 is 23.4. The zero-order valence-corrected chi connectivity index (χ0v) is 16.9. The van der Waals surface area contributed by atoms with Crippen molar-refractivity contribution in [2.24, 2.45) is 7.05 Å². The molecule has 0 spiro atoms. The van der Waals surface area contributed by atoms with Crippen LogP contribution in [-0.2, 0) is 20.3 Å². The van der Waals surface area contributed by atoms with E-state index in [0.29, 0.717) is 28.6 Å². The smallest absolute Gasteiger partial charge is 0.202 e. The second-order valence-electron chi connectivity index (χ2n) is 6.39. The summed E-state index contributed by atoms with van der Waals surface area (Å²) in [4.78, 5) is 1.01. The minimum atomic E-state index is -0.301. The van der Waals surface area contributed by atoms with E-state index >= 15 is 0 Å². The van der Waals surface area contributed by atoms with Crippen LogP contribution in [0.4, 0.5) is 4.39 Å². The predicted molar refractivity (Wildman–Crippen MR) is 106 cm³/mol. The van der Waals surface area contributed by atoms with E-state index < -0.39 is 0 Å². The van der Waals surface area contributed by atoms with Crippen LogP contribution in [0, 0.1) is 10.6 Å². The lowest BCUT2D eigenvalue weighted by Gasteiger charge is -2.15. The summed E-state index contributed by atoms with van der Waals surface area (Å²) in [6.45, 7) is 0.926. The van der Waals surface area contributed by atoms with Crippen molar-refractivity contribution in [1.29, 1.82) is 0 Å². The fraction of sp³-hybridized carbons (Fsp3) is 0.263. The number of ether oxygens (including phenoxy) is 1. The molecule has 5 nitrogen and oxygen atoms in total. The first-order valence-corrected chi connectivity index (χ1v) is 9.21. The lowest BCUT2D eigenvalue weighted by atomic mass is 10.2. The molecule has 1 aromatic heterocycles. The third kappa shape index (κ3) is 4.21. The summed E-state index contributed by atoms with van der Waals surface area (Å²) in [5.74, 6) is 1.25. The number of rotatable bonds is 6. The number of hydrogen-bond donors (Lipinski definition) is 1. The van der Waals surface area contributed by atoms with Gasteiger partial charge in [0, 0.05) is 12.6 Å². The van der Waals surface area contributed by atoms with E-state index in [1.54, 1.807) is 23.9 Å². The van der Waals surface area contributed by atoms with Crippen molar-refractivity contribution in [2.75, 3.05) is 14.2 Å². The molecule has 27 heavy (non-hydrogen) atoms. The summed E-state index contributed by atoms with van der Waals surface area (Å²) >= 11 is 11.7. The maximum absolute atomic E-state index is 14.0. The Labute approximate surface area is 167 Å². The first-order chi connectivity index (χ1) is 12.9. The standard InChI is InChI=1S/C19H20ClFN4OS/c1-23(11-15-16(20)5-4-6-17(15)21)12-25-19(27)24(2)18(22-25)13-7-9-14(26-3)10-8-13/h4-10H,11-12H2,1-3H3/p+1. The second kappa shape index (κ2) is 8.21.